The van der Waals surface area contributed by atoms with Crippen LogP contribution in [0.4, 0.5) is 10.5 Å². The molecule has 1 heterocycles. The Morgan fingerprint density at radius 1 is 1.31 bits per heavy atom. The number of nitrogens with zero attached hydrogens (tertiary/aromatic N) is 3. The Hall–Kier alpha value is -2.37. The van der Waals surface area contributed by atoms with Gasteiger partial charge in [-0.2, -0.15) is 5.10 Å². The minimum atomic E-state index is -0.120. The summed E-state index contributed by atoms with van der Waals surface area (Å²) in [6, 6.07) is 7.94. The topological polar surface area (TPSA) is 71.8 Å². The number of anilines is 1. The first-order valence-electron chi connectivity index (χ1n) is 9.38. The second-order valence-corrected chi connectivity index (χ2v) is 8.51. The van der Waals surface area contributed by atoms with E-state index in [0.29, 0.717) is 12.5 Å². The third-order valence-corrected chi connectivity index (χ3v) is 7.16. The molecule has 2 fully saturated rings. The highest BCUT2D eigenvalue weighted by atomic mass is 16.2. The number of fused-ring (bicyclic) bond motifs is 2. The van der Waals surface area contributed by atoms with Crippen LogP contribution < -0.4 is 10.6 Å². The maximum atomic E-state index is 12.7. The van der Waals surface area contributed by atoms with Crippen molar-refractivity contribution in [2.75, 3.05) is 5.32 Å². The fourth-order valence-corrected chi connectivity index (χ4v) is 5.01. The number of aromatic nitrogens is 3. The third kappa shape index (κ3) is 2.68. The van der Waals surface area contributed by atoms with Gasteiger partial charge in [0.25, 0.3) is 0 Å². The van der Waals surface area contributed by atoms with Crippen LogP contribution in [0.15, 0.2) is 36.9 Å². The highest BCUT2D eigenvalue weighted by molar-refractivity contribution is 5.90. The van der Waals surface area contributed by atoms with Crippen LogP contribution in [0.3, 0.4) is 0 Å². The second-order valence-electron chi connectivity index (χ2n) is 8.51. The SMILES string of the molecule is CC1(C)C2CCC1(C)C(NC(=O)Nc1ccccc1Cn1cncn1)C2. The number of benzene rings is 1. The van der Waals surface area contributed by atoms with Gasteiger partial charge >= 0.3 is 6.03 Å². The van der Waals surface area contributed by atoms with E-state index < -0.39 is 0 Å². The molecule has 138 valence electrons. The minimum absolute atomic E-state index is 0.120. The van der Waals surface area contributed by atoms with Crippen molar-refractivity contribution < 1.29 is 4.79 Å². The lowest BCUT2D eigenvalue weighted by Crippen LogP contribution is -2.48. The number of urea groups is 1. The average molecular weight is 353 g/mol. The van der Waals surface area contributed by atoms with Crippen molar-refractivity contribution in [3.63, 3.8) is 0 Å². The lowest BCUT2D eigenvalue weighted by atomic mass is 9.69. The first kappa shape index (κ1) is 17.1. The Labute approximate surface area is 154 Å². The predicted octanol–water partition coefficient (Wildman–Crippen LogP) is 3.66. The van der Waals surface area contributed by atoms with Crippen LogP contribution >= 0.6 is 0 Å². The van der Waals surface area contributed by atoms with Gasteiger partial charge < -0.3 is 10.6 Å². The molecule has 1 aromatic heterocycles. The van der Waals surface area contributed by atoms with Gasteiger partial charge in [-0.25, -0.2) is 14.5 Å². The van der Waals surface area contributed by atoms with Crippen LogP contribution in [-0.4, -0.2) is 26.8 Å². The third-order valence-electron chi connectivity index (χ3n) is 7.16. The van der Waals surface area contributed by atoms with E-state index in [0.717, 1.165) is 17.7 Å². The number of rotatable bonds is 4. The van der Waals surface area contributed by atoms with Crippen molar-refractivity contribution in [1.82, 2.24) is 20.1 Å². The molecular weight excluding hydrogens is 326 g/mol. The van der Waals surface area contributed by atoms with Crippen molar-refractivity contribution in [3.05, 3.63) is 42.5 Å². The molecule has 3 atom stereocenters. The number of amides is 2. The summed E-state index contributed by atoms with van der Waals surface area (Å²) in [6.45, 7) is 7.63. The van der Waals surface area contributed by atoms with E-state index in [1.54, 1.807) is 11.0 Å². The van der Waals surface area contributed by atoms with Gasteiger partial charge in [-0.3, -0.25) is 0 Å². The molecule has 2 aliphatic rings. The molecule has 2 N–H and O–H groups in total. The Bertz CT molecular complexity index is 800. The fraction of sp³-hybridized carbons (Fsp3) is 0.550. The lowest BCUT2D eigenvalue weighted by molar-refractivity contribution is 0.125. The number of nitrogens with one attached hydrogen (secondary N) is 2. The summed E-state index contributed by atoms with van der Waals surface area (Å²) in [4.78, 5) is 16.7. The summed E-state index contributed by atoms with van der Waals surface area (Å²) in [7, 11) is 0. The van der Waals surface area contributed by atoms with Crippen molar-refractivity contribution in [1.29, 1.82) is 0 Å². The Morgan fingerprint density at radius 2 is 2.12 bits per heavy atom. The highest BCUT2D eigenvalue weighted by Gasteiger charge is 2.61. The van der Waals surface area contributed by atoms with Crippen LogP contribution in [0.1, 0.15) is 45.6 Å². The Morgan fingerprint density at radius 3 is 2.77 bits per heavy atom. The molecule has 0 saturated heterocycles. The molecule has 2 bridgehead atoms. The first-order valence-corrected chi connectivity index (χ1v) is 9.38. The number of carbonyl (C=O) groups excluding carboxylic acids is 1. The summed E-state index contributed by atoms with van der Waals surface area (Å²) in [6.07, 6.45) is 6.75. The molecule has 1 aromatic carbocycles. The van der Waals surface area contributed by atoms with Crippen LogP contribution in [0, 0.1) is 16.7 Å². The molecule has 4 rings (SSSR count). The molecule has 26 heavy (non-hydrogen) atoms. The van der Waals surface area contributed by atoms with E-state index in [-0.39, 0.29) is 22.9 Å². The van der Waals surface area contributed by atoms with E-state index >= 15 is 0 Å². The molecule has 2 saturated carbocycles. The predicted molar refractivity (Wildman–Crippen MR) is 101 cm³/mol. The molecule has 2 aromatic rings. The summed E-state index contributed by atoms with van der Waals surface area (Å²) >= 11 is 0. The van der Waals surface area contributed by atoms with Crippen molar-refractivity contribution >= 4 is 11.7 Å². The second kappa shape index (κ2) is 6.11. The monoisotopic (exact) mass is 353 g/mol. The maximum absolute atomic E-state index is 12.7. The standard InChI is InChI=1S/C20H27N5O/c1-19(2)15-8-9-20(19,3)17(10-15)24-18(26)23-16-7-5-4-6-14(16)11-25-13-21-12-22-25/h4-7,12-13,15,17H,8-11H2,1-3H3,(H2,23,24,26). The van der Waals surface area contributed by atoms with Crippen molar-refractivity contribution in [3.8, 4) is 0 Å². The zero-order chi connectivity index (χ0) is 18.4. The van der Waals surface area contributed by atoms with Gasteiger partial charge in [0.2, 0.25) is 0 Å². The van der Waals surface area contributed by atoms with E-state index in [9.17, 15) is 4.79 Å². The average Bonchev–Trinajstić information content (AvgIpc) is 3.23. The van der Waals surface area contributed by atoms with Gasteiger partial charge in [0.15, 0.2) is 0 Å². The molecule has 2 aliphatic carbocycles. The molecule has 3 unspecified atom stereocenters. The normalized spacial score (nSPS) is 28.9. The van der Waals surface area contributed by atoms with E-state index in [1.165, 1.54) is 19.2 Å². The van der Waals surface area contributed by atoms with E-state index in [2.05, 4.69) is 41.5 Å². The highest BCUT2D eigenvalue weighted by Crippen LogP contribution is 2.65. The zero-order valence-electron chi connectivity index (χ0n) is 15.7. The molecule has 0 spiro atoms. The summed E-state index contributed by atoms with van der Waals surface area (Å²) in [5.74, 6) is 0.706. The van der Waals surface area contributed by atoms with E-state index in [4.69, 9.17) is 0 Å². The molecule has 0 radical (unpaired) electrons. The summed E-state index contributed by atoms with van der Waals surface area (Å²) in [5.41, 5.74) is 2.28. The number of carbonyl (C=O) groups is 1. The quantitative estimate of drug-likeness (QED) is 0.881. The van der Waals surface area contributed by atoms with Gasteiger partial charge in [0.1, 0.15) is 12.7 Å². The Kier molecular flexibility index (Phi) is 4.01. The van der Waals surface area contributed by atoms with Crippen molar-refractivity contribution in [2.45, 2.75) is 52.6 Å². The summed E-state index contributed by atoms with van der Waals surface area (Å²) in [5, 5.41) is 10.4. The van der Waals surface area contributed by atoms with Gasteiger partial charge in [0.05, 0.1) is 6.54 Å². The number of para-hydroxylation sites is 1. The van der Waals surface area contributed by atoms with Gasteiger partial charge in [-0.15, -0.1) is 0 Å². The Balaban J connectivity index is 1.45. The first-order chi connectivity index (χ1) is 12.4. The van der Waals surface area contributed by atoms with Gasteiger partial charge in [-0.05, 0) is 47.6 Å². The molecular formula is C20H27N5O. The molecule has 6 nitrogen and oxygen atoms in total. The van der Waals surface area contributed by atoms with Crippen LogP contribution in [0.2, 0.25) is 0 Å². The fourth-order valence-electron chi connectivity index (χ4n) is 5.01. The maximum Gasteiger partial charge on any atom is 0.319 e. The number of hydrogen-bond donors (Lipinski definition) is 2. The van der Waals surface area contributed by atoms with Gasteiger partial charge in [-0.1, -0.05) is 39.0 Å². The van der Waals surface area contributed by atoms with Crippen LogP contribution in [0.25, 0.3) is 0 Å². The molecule has 6 heteroatoms. The molecule has 2 amide bonds. The zero-order valence-corrected chi connectivity index (χ0v) is 15.7. The minimum Gasteiger partial charge on any atom is -0.335 e. The lowest BCUT2D eigenvalue weighted by Gasteiger charge is -2.39. The van der Waals surface area contributed by atoms with E-state index in [1.807, 2.05) is 24.3 Å². The molecule has 0 aliphatic heterocycles. The van der Waals surface area contributed by atoms with Crippen molar-refractivity contribution in [2.24, 2.45) is 16.7 Å². The number of hydrogen-bond acceptors (Lipinski definition) is 3. The summed E-state index contributed by atoms with van der Waals surface area (Å²) < 4.78 is 1.75. The van der Waals surface area contributed by atoms with Gasteiger partial charge in [0, 0.05) is 11.7 Å². The largest absolute Gasteiger partial charge is 0.335 e. The smallest absolute Gasteiger partial charge is 0.319 e. The van der Waals surface area contributed by atoms with Crippen LogP contribution in [-0.2, 0) is 6.54 Å². The van der Waals surface area contributed by atoms with Crippen LogP contribution in [0.5, 0.6) is 0 Å².